The van der Waals surface area contributed by atoms with Crippen molar-refractivity contribution in [2.24, 2.45) is 0 Å². The molecule has 30 aromatic rings. The molecule has 5 nitrogen and oxygen atoms in total. The number of hydrogen-bond acceptors (Lipinski definition) is 4. The van der Waals surface area contributed by atoms with Crippen molar-refractivity contribution >= 4 is 174 Å². The Morgan fingerprint density at radius 2 is 0.392 bits per heavy atom. The molecule has 0 saturated heterocycles. The Morgan fingerprint density at radius 3 is 0.804 bits per heavy atom. The number of hydrogen-bond donors (Lipinski definition) is 0. The van der Waals surface area contributed by atoms with Crippen LogP contribution < -0.4 is 0 Å². The van der Waals surface area contributed by atoms with Gasteiger partial charge in [0.15, 0.2) is 5.58 Å². The largest absolute Gasteiger partial charge is 0.456 e. The van der Waals surface area contributed by atoms with Crippen LogP contribution in [0.4, 0.5) is 0 Å². The third kappa shape index (κ3) is 13.8. The maximum Gasteiger partial charge on any atom is 0.159 e. The van der Waals surface area contributed by atoms with E-state index in [1.807, 2.05) is 24.3 Å². The Kier molecular flexibility index (Phi) is 19.6. The molecule has 0 spiro atoms. The molecule has 0 aliphatic heterocycles. The third-order valence-corrected chi connectivity index (χ3v) is 29.2. The number of fused-ring (bicyclic) bond motifs is 21. The van der Waals surface area contributed by atoms with Crippen molar-refractivity contribution in [1.82, 2.24) is 4.57 Å². The maximum atomic E-state index is 6.73. The second-order valence-electron chi connectivity index (χ2n) is 37.3. The fourth-order valence-electron chi connectivity index (χ4n) is 23.0. The van der Waals surface area contributed by atoms with Crippen molar-refractivity contribution in [3.05, 3.63) is 516 Å². The van der Waals surface area contributed by atoms with E-state index in [0.717, 1.165) is 127 Å². The number of benzene rings is 25. The first-order valence-electron chi connectivity index (χ1n) is 49.0. The van der Waals surface area contributed by atoms with Crippen LogP contribution in [0.5, 0.6) is 0 Å². The SMILES string of the molecule is c1ccc(-c2c3ccccc3c(-c3cc(-c4ccc5oc6ccccc6c5c4)c4oc5ccccc5c4c3)c3ccccc23)cc1.c1ccc(-c2c3ccccc3c(-c3cc(-n4c5ccccc5c5ccccc54)c4oc5ccccc5c4c3)c3ccccc23)cc1.c1ccc(-c2cc(-c3ccccc3)cc(-c3c4ccccc4c(-c4cc5c(cc4-c4ccccc4)oc4ccccc45)c4ccccc34)c2)cc1. The van der Waals surface area contributed by atoms with Gasteiger partial charge in [0.25, 0.3) is 0 Å². The van der Waals surface area contributed by atoms with Crippen LogP contribution in [-0.4, -0.2) is 4.57 Å². The lowest BCUT2D eigenvalue weighted by molar-refractivity contribution is 0.666. The summed E-state index contributed by atoms with van der Waals surface area (Å²) in [5.41, 5.74) is 34.5. The summed E-state index contributed by atoms with van der Waals surface area (Å²) in [6.45, 7) is 0. The molecule has 0 saturated carbocycles. The van der Waals surface area contributed by atoms with Crippen LogP contribution in [0.3, 0.4) is 0 Å². The number of aromatic nitrogens is 1. The maximum absolute atomic E-state index is 6.73. The van der Waals surface area contributed by atoms with E-state index in [-0.39, 0.29) is 0 Å². The average Bonchev–Trinajstić information content (AvgIpc) is 1.09. The van der Waals surface area contributed by atoms with E-state index in [4.69, 9.17) is 17.7 Å². The smallest absolute Gasteiger partial charge is 0.159 e. The molecule has 30 rings (SSSR count). The van der Waals surface area contributed by atoms with Crippen LogP contribution in [0.1, 0.15) is 0 Å². The second kappa shape index (κ2) is 34.0. The summed E-state index contributed by atoms with van der Waals surface area (Å²) < 4.78 is 28.4. The van der Waals surface area contributed by atoms with E-state index in [1.165, 1.54) is 164 Å². The van der Waals surface area contributed by atoms with Gasteiger partial charge < -0.3 is 22.2 Å². The highest BCUT2D eigenvalue weighted by Gasteiger charge is 2.28. The molecule has 0 bridgehead atoms. The molecule has 0 N–H and O–H groups in total. The second-order valence-corrected chi connectivity index (χ2v) is 37.3. The van der Waals surface area contributed by atoms with Crippen LogP contribution in [0, 0.1) is 0 Å². The van der Waals surface area contributed by atoms with Crippen molar-refractivity contribution in [2.75, 3.05) is 0 Å². The lowest BCUT2D eigenvalue weighted by atomic mass is 9.82. The molecule has 0 aliphatic carbocycles. The fraction of sp³-hybridized carbons (Fsp3) is 0. The average molecular weight is 1820 g/mol. The van der Waals surface area contributed by atoms with Gasteiger partial charge in [-0.05, 0) is 273 Å². The van der Waals surface area contributed by atoms with E-state index in [0.29, 0.717) is 0 Å². The van der Waals surface area contributed by atoms with E-state index in [1.54, 1.807) is 0 Å². The van der Waals surface area contributed by atoms with E-state index in [9.17, 15) is 0 Å². The Bertz CT molecular complexity index is 10100. The predicted octanol–water partition coefficient (Wildman–Crippen LogP) is 39.3. The zero-order valence-electron chi connectivity index (χ0n) is 77.7. The minimum atomic E-state index is 0.885. The Morgan fingerprint density at radius 1 is 0.119 bits per heavy atom. The van der Waals surface area contributed by atoms with Gasteiger partial charge in [0.1, 0.15) is 39.1 Å². The normalized spacial score (nSPS) is 11.8. The summed E-state index contributed by atoms with van der Waals surface area (Å²) in [6.07, 6.45) is 0. The summed E-state index contributed by atoms with van der Waals surface area (Å²) >= 11 is 0. The number of rotatable bonds is 11. The molecule has 0 aliphatic rings. The lowest BCUT2D eigenvalue weighted by Crippen LogP contribution is -1.96. The molecule has 0 unspecified atom stereocenters. The molecule has 5 heteroatoms. The molecular weight excluding hydrogens is 1740 g/mol. The monoisotopic (exact) mass is 1820 g/mol. The molecule has 666 valence electrons. The zero-order valence-corrected chi connectivity index (χ0v) is 77.7. The summed E-state index contributed by atoms with van der Waals surface area (Å²) in [5.74, 6) is 0. The lowest BCUT2D eigenvalue weighted by Gasteiger charge is -2.21. The van der Waals surface area contributed by atoms with Gasteiger partial charge in [-0.1, -0.05) is 413 Å². The number of nitrogens with zero attached hydrogens (tertiary/aromatic N) is 1. The minimum Gasteiger partial charge on any atom is -0.456 e. The van der Waals surface area contributed by atoms with Crippen LogP contribution in [0.15, 0.2) is 533 Å². The number of furan rings is 4. The van der Waals surface area contributed by atoms with Gasteiger partial charge in [-0.3, -0.25) is 0 Å². The molecule has 25 aromatic carbocycles. The summed E-state index contributed by atoms with van der Waals surface area (Å²) in [7, 11) is 0. The topological polar surface area (TPSA) is 57.5 Å². The van der Waals surface area contributed by atoms with Crippen LogP contribution in [0.25, 0.3) is 291 Å². The molecule has 5 heterocycles. The van der Waals surface area contributed by atoms with Gasteiger partial charge in [-0.2, -0.15) is 0 Å². The van der Waals surface area contributed by atoms with Crippen LogP contribution in [-0.2, 0) is 0 Å². The first-order valence-corrected chi connectivity index (χ1v) is 49.0. The molecule has 143 heavy (non-hydrogen) atoms. The summed E-state index contributed by atoms with van der Waals surface area (Å²) in [6, 6.07) is 185. The molecule has 0 amide bonds. The molecule has 0 atom stereocenters. The quantitative estimate of drug-likeness (QED) is 0.121. The standard InChI is InChI=1S/C50H32O.C44H27NO.C44H26O2/c1-4-16-33(17-5-1)36-28-37(34-18-6-2-7-19-34)30-38(29-36)49-40-23-10-12-25-42(40)50(43-26-13-11-24-41(43)49)46-31-45-39-22-14-15-27-47(39)51-48(45)32-44(46)35-20-8-3-9-21-35;1-2-14-28(15-3-1)42-33-19-4-6-21-35(33)43(36-22-7-5-20-34(36)42)29-26-37-32-18-10-13-25-41(32)46-44(37)40(27-29)45-38-23-11-8-16-30(38)31-17-9-12-24-39(31)45;1-2-12-27(13-3-1)42-32-16-4-6-18-34(32)43(35-19-7-5-17-33(35)42)29-25-36(44-38(26-29)31-15-9-11-21-40(31)46-44)28-22-23-41-37(24-28)30-14-8-10-20-39(30)45-41/h1-32H;1-27H;1-26H. The first kappa shape index (κ1) is 82.3. The van der Waals surface area contributed by atoms with E-state index < -0.39 is 0 Å². The van der Waals surface area contributed by atoms with Crippen LogP contribution >= 0.6 is 0 Å². The highest BCUT2D eigenvalue weighted by molar-refractivity contribution is 6.28. The van der Waals surface area contributed by atoms with E-state index in [2.05, 4.69) is 496 Å². The van der Waals surface area contributed by atoms with Gasteiger partial charge in [-0.25, -0.2) is 0 Å². The first-order chi connectivity index (χ1) is 71.0. The van der Waals surface area contributed by atoms with Gasteiger partial charge >= 0.3 is 0 Å². The van der Waals surface area contributed by atoms with Crippen molar-refractivity contribution in [1.29, 1.82) is 0 Å². The third-order valence-electron chi connectivity index (χ3n) is 29.2. The van der Waals surface area contributed by atoms with Crippen molar-refractivity contribution < 1.29 is 17.7 Å². The Hall–Kier alpha value is -18.9. The predicted molar refractivity (Wildman–Crippen MR) is 602 cm³/mol. The number of para-hydroxylation sites is 6. The zero-order chi connectivity index (χ0) is 94.1. The highest BCUT2D eigenvalue weighted by atomic mass is 16.3. The Labute approximate surface area is 823 Å². The minimum absolute atomic E-state index is 0.885. The summed E-state index contributed by atoms with van der Waals surface area (Å²) in [4.78, 5) is 0. The highest BCUT2D eigenvalue weighted by Crippen LogP contribution is 2.54. The Balaban J connectivity index is 0.000000105. The van der Waals surface area contributed by atoms with Gasteiger partial charge in [-0.15, -0.1) is 0 Å². The fourth-order valence-corrected chi connectivity index (χ4v) is 23.0. The molecule has 0 fully saturated rings. The summed E-state index contributed by atoms with van der Waals surface area (Å²) in [5, 5.41) is 26.2. The van der Waals surface area contributed by atoms with Crippen LogP contribution in [0.2, 0.25) is 0 Å². The molecule has 0 radical (unpaired) electrons. The van der Waals surface area contributed by atoms with Crippen molar-refractivity contribution in [3.63, 3.8) is 0 Å². The van der Waals surface area contributed by atoms with Gasteiger partial charge in [0, 0.05) is 59.4 Å². The van der Waals surface area contributed by atoms with Gasteiger partial charge in [0.05, 0.1) is 16.7 Å². The molecular formula is C138H85NO4. The van der Waals surface area contributed by atoms with Crippen molar-refractivity contribution in [2.45, 2.75) is 0 Å². The van der Waals surface area contributed by atoms with Gasteiger partial charge in [0.2, 0.25) is 0 Å². The van der Waals surface area contributed by atoms with Crippen molar-refractivity contribution in [3.8, 4) is 117 Å². The van der Waals surface area contributed by atoms with E-state index >= 15 is 0 Å². The molecule has 5 aromatic heterocycles.